The highest BCUT2D eigenvalue weighted by molar-refractivity contribution is 5.99. The molecule has 0 bridgehead atoms. The molecule has 0 saturated heterocycles. The second-order valence-electron chi connectivity index (χ2n) is 7.06. The third kappa shape index (κ3) is 6.44. The molecule has 0 aliphatic heterocycles. The zero-order valence-electron chi connectivity index (χ0n) is 19.6. The molecule has 1 aromatic heterocycles. The van der Waals surface area contributed by atoms with Crippen molar-refractivity contribution >= 4 is 22.8 Å². The number of fused-ring (bicyclic) bond motifs is 1. The number of allylic oxidation sites excluding steroid dienone is 2. The molecule has 6 nitrogen and oxygen atoms in total. The van der Waals surface area contributed by atoms with Crippen molar-refractivity contribution in [1.82, 2.24) is 20.2 Å². The van der Waals surface area contributed by atoms with Gasteiger partial charge in [0.15, 0.2) is 0 Å². The monoisotopic (exact) mass is 414 g/mol. The van der Waals surface area contributed by atoms with Crippen LogP contribution in [0.15, 0.2) is 29.8 Å². The third-order valence-corrected chi connectivity index (χ3v) is 5.01. The molecular weight excluding hydrogens is 376 g/mol. The summed E-state index contributed by atoms with van der Waals surface area (Å²) in [4.78, 5) is 28.6. The molecule has 30 heavy (non-hydrogen) atoms. The Balaban J connectivity index is 0.00000218. The Morgan fingerprint density at radius 1 is 1.17 bits per heavy atom. The van der Waals surface area contributed by atoms with Gasteiger partial charge in [-0.15, -0.1) is 0 Å². The van der Waals surface area contributed by atoms with Gasteiger partial charge >= 0.3 is 0 Å². The summed E-state index contributed by atoms with van der Waals surface area (Å²) in [6.07, 6.45) is 6.10. The van der Waals surface area contributed by atoms with Crippen molar-refractivity contribution in [3.05, 3.63) is 41.2 Å². The molecule has 0 radical (unpaired) electrons. The lowest BCUT2D eigenvalue weighted by atomic mass is 10.1. The fourth-order valence-electron chi connectivity index (χ4n) is 3.50. The number of aromatic nitrogens is 2. The van der Waals surface area contributed by atoms with Gasteiger partial charge in [-0.3, -0.25) is 9.59 Å². The first kappa shape index (κ1) is 25.4. The van der Waals surface area contributed by atoms with Crippen molar-refractivity contribution in [3.63, 3.8) is 0 Å². The first-order valence-electron chi connectivity index (χ1n) is 11.1. The van der Waals surface area contributed by atoms with Gasteiger partial charge in [-0.2, -0.15) is 0 Å². The van der Waals surface area contributed by atoms with E-state index in [1.165, 1.54) is 5.57 Å². The SMILES string of the molecule is CC.CC/C=C(\C)Cc1nc2cc(C(=O)NCC(=O)NC)ccc2n1C(CC)CC. The van der Waals surface area contributed by atoms with Crippen molar-refractivity contribution in [3.8, 4) is 0 Å². The van der Waals surface area contributed by atoms with Gasteiger partial charge in [-0.1, -0.05) is 46.3 Å². The summed E-state index contributed by atoms with van der Waals surface area (Å²) >= 11 is 0. The number of carbonyl (C=O) groups excluding carboxylic acids is 2. The highest BCUT2D eigenvalue weighted by Gasteiger charge is 2.18. The third-order valence-electron chi connectivity index (χ3n) is 5.01. The van der Waals surface area contributed by atoms with E-state index in [0.29, 0.717) is 11.6 Å². The summed E-state index contributed by atoms with van der Waals surface area (Å²) in [6.45, 7) is 12.6. The van der Waals surface area contributed by atoms with Gasteiger partial charge in [0.1, 0.15) is 5.82 Å². The van der Waals surface area contributed by atoms with E-state index >= 15 is 0 Å². The zero-order chi connectivity index (χ0) is 22.7. The lowest BCUT2D eigenvalue weighted by Crippen LogP contribution is -2.35. The van der Waals surface area contributed by atoms with E-state index in [-0.39, 0.29) is 18.4 Å². The van der Waals surface area contributed by atoms with Crippen LogP contribution < -0.4 is 10.6 Å². The minimum Gasteiger partial charge on any atom is -0.358 e. The molecule has 2 N–H and O–H groups in total. The van der Waals surface area contributed by atoms with E-state index < -0.39 is 0 Å². The van der Waals surface area contributed by atoms with Crippen LogP contribution in [0.2, 0.25) is 0 Å². The van der Waals surface area contributed by atoms with Crippen LogP contribution in [-0.4, -0.2) is 35.0 Å². The van der Waals surface area contributed by atoms with Gasteiger partial charge in [0.25, 0.3) is 5.91 Å². The predicted molar refractivity (Wildman–Crippen MR) is 125 cm³/mol. The highest BCUT2D eigenvalue weighted by atomic mass is 16.2. The van der Waals surface area contributed by atoms with Crippen molar-refractivity contribution in [2.45, 2.75) is 73.3 Å². The summed E-state index contributed by atoms with van der Waals surface area (Å²) in [5.41, 5.74) is 3.68. The fourth-order valence-corrected chi connectivity index (χ4v) is 3.50. The first-order chi connectivity index (χ1) is 14.4. The van der Waals surface area contributed by atoms with Crippen LogP contribution in [-0.2, 0) is 11.2 Å². The number of hydrogen-bond acceptors (Lipinski definition) is 3. The van der Waals surface area contributed by atoms with Crippen LogP contribution in [0.5, 0.6) is 0 Å². The van der Waals surface area contributed by atoms with Gasteiger partial charge in [-0.25, -0.2) is 4.98 Å². The summed E-state index contributed by atoms with van der Waals surface area (Å²) in [6, 6.07) is 5.97. The molecule has 166 valence electrons. The highest BCUT2D eigenvalue weighted by Crippen LogP contribution is 2.27. The lowest BCUT2D eigenvalue weighted by molar-refractivity contribution is -0.119. The van der Waals surface area contributed by atoms with E-state index in [1.54, 1.807) is 13.1 Å². The Morgan fingerprint density at radius 3 is 2.40 bits per heavy atom. The zero-order valence-corrected chi connectivity index (χ0v) is 19.6. The average Bonchev–Trinajstić information content (AvgIpc) is 3.11. The largest absolute Gasteiger partial charge is 0.358 e. The Hall–Kier alpha value is -2.63. The summed E-state index contributed by atoms with van der Waals surface area (Å²) < 4.78 is 2.33. The minimum absolute atomic E-state index is 0.0399. The second kappa shape index (κ2) is 12.8. The molecule has 1 aromatic carbocycles. The van der Waals surface area contributed by atoms with Gasteiger partial charge < -0.3 is 15.2 Å². The molecule has 2 aromatic rings. The second-order valence-corrected chi connectivity index (χ2v) is 7.06. The number of rotatable bonds is 9. The molecule has 2 amide bonds. The Kier molecular flexibility index (Phi) is 10.9. The Labute approximate surface area is 181 Å². The van der Waals surface area contributed by atoms with Crippen molar-refractivity contribution in [2.75, 3.05) is 13.6 Å². The van der Waals surface area contributed by atoms with Crippen LogP contribution in [0.1, 0.15) is 83.0 Å². The normalized spacial score (nSPS) is 11.3. The van der Waals surface area contributed by atoms with Gasteiger partial charge in [0.2, 0.25) is 5.91 Å². The molecule has 0 aliphatic carbocycles. The number of nitrogens with one attached hydrogen (secondary N) is 2. The average molecular weight is 415 g/mol. The molecule has 0 fully saturated rings. The molecule has 0 saturated carbocycles. The standard InChI is InChI=1S/C22H32N4O2.C2H6/c1-6-9-15(4)12-20-25-18-13-16(22(28)24-14-21(27)23-5)10-11-19(18)26(20)17(7-2)8-3;1-2/h9-11,13,17H,6-8,12,14H2,1-5H3,(H,23,27)(H,24,28);1-2H3/b15-9+;. The molecule has 0 atom stereocenters. The maximum atomic E-state index is 12.4. The number of imidazole rings is 1. The van der Waals surface area contributed by atoms with E-state index in [4.69, 9.17) is 4.98 Å². The van der Waals surface area contributed by atoms with Crippen LogP contribution in [0.4, 0.5) is 0 Å². The lowest BCUT2D eigenvalue weighted by Gasteiger charge is -2.19. The van der Waals surface area contributed by atoms with Gasteiger partial charge in [0, 0.05) is 25.1 Å². The maximum absolute atomic E-state index is 12.4. The van der Waals surface area contributed by atoms with Crippen molar-refractivity contribution < 1.29 is 9.59 Å². The Bertz CT molecular complexity index is 863. The number of benzene rings is 1. The first-order valence-corrected chi connectivity index (χ1v) is 11.1. The van der Waals surface area contributed by atoms with Crippen LogP contribution in [0.3, 0.4) is 0 Å². The predicted octanol–water partition coefficient (Wildman–Crippen LogP) is 4.80. The summed E-state index contributed by atoms with van der Waals surface area (Å²) in [7, 11) is 1.54. The molecule has 2 rings (SSSR count). The van der Waals surface area contributed by atoms with Crippen molar-refractivity contribution in [1.29, 1.82) is 0 Å². The van der Waals surface area contributed by atoms with Crippen LogP contribution >= 0.6 is 0 Å². The van der Waals surface area contributed by atoms with E-state index in [2.05, 4.69) is 49.0 Å². The van der Waals surface area contributed by atoms with Gasteiger partial charge in [0.05, 0.1) is 17.6 Å². The summed E-state index contributed by atoms with van der Waals surface area (Å²) in [5.74, 6) is 0.535. The van der Waals surface area contributed by atoms with Crippen LogP contribution in [0, 0.1) is 0 Å². The number of amides is 2. The van der Waals surface area contributed by atoms with Crippen LogP contribution in [0.25, 0.3) is 11.0 Å². The minimum atomic E-state index is -0.272. The molecule has 6 heteroatoms. The number of carbonyl (C=O) groups is 2. The number of hydrogen-bond donors (Lipinski definition) is 2. The van der Waals surface area contributed by atoms with Gasteiger partial charge in [-0.05, 0) is 44.4 Å². The van der Waals surface area contributed by atoms with E-state index in [1.807, 2.05) is 26.0 Å². The molecule has 1 heterocycles. The molecular formula is C24H38N4O2. The maximum Gasteiger partial charge on any atom is 0.251 e. The fraction of sp³-hybridized carbons (Fsp3) is 0.542. The topological polar surface area (TPSA) is 76.0 Å². The molecule has 0 spiro atoms. The van der Waals surface area contributed by atoms with E-state index in [0.717, 1.165) is 42.5 Å². The number of likely N-dealkylation sites (N-methyl/N-ethyl adjacent to an activating group) is 1. The molecule has 0 aliphatic rings. The number of nitrogens with zero attached hydrogens (tertiary/aromatic N) is 2. The molecule has 0 unspecified atom stereocenters. The quantitative estimate of drug-likeness (QED) is 0.579. The van der Waals surface area contributed by atoms with E-state index in [9.17, 15) is 9.59 Å². The Morgan fingerprint density at radius 2 is 1.83 bits per heavy atom. The van der Waals surface area contributed by atoms with Crippen molar-refractivity contribution in [2.24, 2.45) is 0 Å². The smallest absolute Gasteiger partial charge is 0.251 e. The summed E-state index contributed by atoms with van der Waals surface area (Å²) in [5, 5.41) is 5.13.